The fourth-order valence-electron chi connectivity index (χ4n) is 4.42. The number of hydrogen-bond donors (Lipinski definition) is 2. The first-order valence-electron chi connectivity index (χ1n) is 11.6. The second-order valence-corrected chi connectivity index (χ2v) is 8.99. The third-order valence-electron chi connectivity index (χ3n) is 6.17. The van der Waals surface area contributed by atoms with E-state index in [1.54, 1.807) is 12.1 Å². The van der Waals surface area contributed by atoms with Crippen LogP contribution in [0.4, 0.5) is 5.82 Å². The van der Waals surface area contributed by atoms with Crippen LogP contribution in [0.3, 0.4) is 0 Å². The van der Waals surface area contributed by atoms with Gasteiger partial charge in [0.2, 0.25) is 0 Å². The van der Waals surface area contributed by atoms with Gasteiger partial charge in [0, 0.05) is 6.54 Å². The Morgan fingerprint density at radius 1 is 1.03 bits per heavy atom. The molecule has 5 rings (SSSR count). The highest BCUT2D eigenvalue weighted by atomic mass is 35.5. The van der Waals surface area contributed by atoms with Crippen molar-refractivity contribution < 1.29 is 14.6 Å². The average molecular weight is 502 g/mol. The van der Waals surface area contributed by atoms with E-state index in [-0.39, 0.29) is 29.9 Å². The summed E-state index contributed by atoms with van der Waals surface area (Å²) >= 11 is 6.40. The Morgan fingerprint density at radius 3 is 2.50 bits per heavy atom. The maximum absolute atomic E-state index is 13.3. The number of hydrogen-bond acceptors (Lipinski definition) is 6. The van der Waals surface area contributed by atoms with Crippen LogP contribution in [0, 0.1) is 0 Å². The molecule has 4 aromatic rings. The lowest BCUT2D eigenvalue weighted by molar-refractivity contribution is -0.148. The number of carbonyl (C=O) groups is 1. The molecule has 0 spiro atoms. The van der Waals surface area contributed by atoms with E-state index in [0.29, 0.717) is 18.5 Å². The summed E-state index contributed by atoms with van der Waals surface area (Å²) in [6.45, 7) is 0.362. The van der Waals surface area contributed by atoms with E-state index >= 15 is 0 Å². The lowest BCUT2D eigenvalue weighted by atomic mass is 10.0. The van der Waals surface area contributed by atoms with Gasteiger partial charge in [-0.2, -0.15) is 0 Å². The SMILES string of the molecule is O=C(OCc1ccccc1)[C@@H]1CCc2c(Cl)nc(NCc3cc(O)cc(-c4ccccc4)c3)c(=O)n21. The number of phenols is 1. The Morgan fingerprint density at radius 2 is 1.75 bits per heavy atom. The van der Waals surface area contributed by atoms with Crippen molar-refractivity contribution in [3.05, 3.63) is 111 Å². The van der Waals surface area contributed by atoms with E-state index in [9.17, 15) is 14.7 Å². The summed E-state index contributed by atoms with van der Waals surface area (Å²) in [5.41, 5.74) is 3.54. The van der Waals surface area contributed by atoms with Crippen molar-refractivity contribution in [3.8, 4) is 16.9 Å². The number of anilines is 1. The van der Waals surface area contributed by atoms with E-state index in [1.165, 1.54) is 4.57 Å². The molecule has 0 amide bonds. The average Bonchev–Trinajstić information content (AvgIpc) is 3.36. The van der Waals surface area contributed by atoms with Gasteiger partial charge in [-0.05, 0) is 53.3 Å². The molecular weight excluding hydrogens is 478 g/mol. The summed E-state index contributed by atoms with van der Waals surface area (Å²) in [7, 11) is 0. The van der Waals surface area contributed by atoms with Gasteiger partial charge in [0.15, 0.2) is 11.0 Å². The number of rotatable bonds is 7. The van der Waals surface area contributed by atoms with Gasteiger partial charge in [0.1, 0.15) is 18.4 Å². The monoisotopic (exact) mass is 501 g/mol. The first-order valence-corrected chi connectivity index (χ1v) is 12.0. The van der Waals surface area contributed by atoms with Crippen molar-refractivity contribution in [2.24, 2.45) is 0 Å². The van der Waals surface area contributed by atoms with Gasteiger partial charge in [0.25, 0.3) is 5.56 Å². The molecule has 36 heavy (non-hydrogen) atoms. The first kappa shape index (κ1) is 23.6. The van der Waals surface area contributed by atoms with Crippen LogP contribution in [0.2, 0.25) is 5.15 Å². The summed E-state index contributed by atoms with van der Waals surface area (Å²) in [6.07, 6.45) is 0.875. The molecule has 8 heteroatoms. The molecule has 0 fully saturated rings. The minimum Gasteiger partial charge on any atom is -0.508 e. The van der Waals surface area contributed by atoms with Gasteiger partial charge in [0.05, 0.1) is 5.69 Å². The summed E-state index contributed by atoms with van der Waals surface area (Å²) in [6, 6.07) is 23.5. The molecule has 1 atom stereocenters. The summed E-state index contributed by atoms with van der Waals surface area (Å²) in [5.74, 6) is -0.324. The highest BCUT2D eigenvalue weighted by molar-refractivity contribution is 6.30. The Hall–Kier alpha value is -4.10. The van der Waals surface area contributed by atoms with Crippen LogP contribution in [0.1, 0.15) is 29.3 Å². The zero-order valence-electron chi connectivity index (χ0n) is 19.4. The minimum absolute atomic E-state index is 0.0381. The smallest absolute Gasteiger partial charge is 0.329 e. The number of halogens is 1. The predicted molar refractivity (Wildman–Crippen MR) is 138 cm³/mol. The maximum atomic E-state index is 13.3. The first-order chi connectivity index (χ1) is 17.5. The zero-order valence-corrected chi connectivity index (χ0v) is 20.1. The summed E-state index contributed by atoms with van der Waals surface area (Å²) in [5, 5.41) is 13.4. The van der Waals surface area contributed by atoms with Gasteiger partial charge >= 0.3 is 5.97 Å². The number of aromatic hydroxyl groups is 1. The number of ether oxygens (including phenoxy) is 1. The molecule has 1 aromatic heterocycles. The molecule has 0 saturated carbocycles. The topological polar surface area (TPSA) is 93.5 Å². The summed E-state index contributed by atoms with van der Waals surface area (Å²) in [4.78, 5) is 30.4. The Bertz CT molecular complexity index is 1460. The van der Waals surface area contributed by atoms with E-state index < -0.39 is 17.6 Å². The second kappa shape index (κ2) is 10.3. The number of fused-ring (bicyclic) bond motifs is 1. The van der Waals surface area contributed by atoms with Crippen LogP contribution in [0.5, 0.6) is 5.75 Å². The second-order valence-electron chi connectivity index (χ2n) is 8.63. The molecule has 0 aliphatic carbocycles. The molecule has 1 aliphatic rings. The van der Waals surface area contributed by atoms with Crippen LogP contribution < -0.4 is 10.9 Å². The third kappa shape index (κ3) is 4.97. The van der Waals surface area contributed by atoms with Gasteiger partial charge in [-0.1, -0.05) is 72.3 Å². The number of carbonyl (C=O) groups excluding carboxylic acids is 1. The molecule has 0 bridgehead atoms. The highest BCUT2D eigenvalue weighted by Gasteiger charge is 2.33. The number of nitrogens with one attached hydrogen (secondary N) is 1. The molecule has 0 unspecified atom stereocenters. The number of benzene rings is 3. The Labute approximate surface area is 213 Å². The molecule has 0 saturated heterocycles. The minimum atomic E-state index is -0.761. The summed E-state index contributed by atoms with van der Waals surface area (Å²) < 4.78 is 6.88. The van der Waals surface area contributed by atoms with E-state index in [0.717, 1.165) is 22.3 Å². The maximum Gasteiger partial charge on any atom is 0.329 e. The molecule has 0 radical (unpaired) electrons. The Balaban J connectivity index is 1.35. The number of phenolic OH excluding ortho intramolecular Hbond substituents is 1. The van der Waals surface area contributed by atoms with Crippen molar-refractivity contribution in [2.45, 2.75) is 32.0 Å². The van der Waals surface area contributed by atoms with Crippen molar-refractivity contribution >= 4 is 23.4 Å². The van der Waals surface area contributed by atoms with Crippen molar-refractivity contribution in [3.63, 3.8) is 0 Å². The number of nitrogens with zero attached hydrogens (tertiary/aromatic N) is 2. The molecule has 2 N–H and O–H groups in total. The zero-order chi connectivity index (χ0) is 25.1. The van der Waals surface area contributed by atoms with Gasteiger partial charge in [-0.15, -0.1) is 0 Å². The van der Waals surface area contributed by atoms with Crippen LogP contribution >= 0.6 is 11.6 Å². The quantitative estimate of drug-likeness (QED) is 0.342. The lowest BCUT2D eigenvalue weighted by Crippen LogP contribution is -2.31. The largest absolute Gasteiger partial charge is 0.508 e. The van der Waals surface area contributed by atoms with Crippen molar-refractivity contribution in [1.29, 1.82) is 0 Å². The lowest BCUT2D eigenvalue weighted by Gasteiger charge is -2.16. The molecule has 7 nitrogen and oxygen atoms in total. The number of esters is 1. The van der Waals surface area contributed by atoms with Crippen LogP contribution in [0.15, 0.2) is 83.7 Å². The van der Waals surface area contributed by atoms with Gasteiger partial charge in [-0.25, -0.2) is 9.78 Å². The van der Waals surface area contributed by atoms with E-state index in [1.807, 2.05) is 66.7 Å². The molecular formula is C28H24ClN3O4. The van der Waals surface area contributed by atoms with Gasteiger partial charge in [-0.3, -0.25) is 9.36 Å². The predicted octanol–water partition coefficient (Wildman–Crippen LogP) is 5.11. The van der Waals surface area contributed by atoms with E-state index in [2.05, 4.69) is 10.3 Å². The fraction of sp³-hybridized carbons (Fsp3) is 0.179. The fourth-order valence-corrected chi connectivity index (χ4v) is 4.69. The van der Waals surface area contributed by atoms with Crippen LogP contribution in [0.25, 0.3) is 11.1 Å². The highest BCUT2D eigenvalue weighted by Crippen LogP contribution is 2.30. The molecule has 3 aromatic carbocycles. The normalized spacial score (nSPS) is 14.3. The Kier molecular flexibility index (Phi) is 6.73. The third-order valence-corrected chi connectivity index (χ3v) is 6.47. The van der Waals surface area contributed by atoms with Gasteiger partial charge < -0.3 is 15.2 Å². The molecule has 1 aliphatic heterocycles. The standard InChI is InChI=1S/C28H24ClN3O4/c29-25-23-11-12-24(28(35)36-17-18-7-3-1-4-8-18)32(23)27(34)26(31-25)30-16-19-13-21(15-22(33)14-19)20-9-5-2-6-10-20/h1-10,13-15,24,33H,11-12,16-17H2,(H,30,31)/t24-/m0/s1. The van der Waals surface area contributed by atoms with Crippen LogP contribution in [-0.4, -0.2) is 20.6 Å². The molecule has 2 heterocycles. The van der Waals surface area contributed by atoms with Crippen molar-refractivity contribution in [2.75, 3.05) is 5.32 Å². The molecule has 182 valence electrons. The number of aromatic nitrogens is 2. The van der Waals surface area contributed by atoms with E-state index in [4.69, 9.17) is 16.3 Å². The van der Waals surface area contributed by atoms with Crippen LogP contribution in [-0.2, 0) is 29.1 Å². The van der Waals surface area contributed by atoms with Crippen molar-refractivity contribution in [1.82, 2.24) is 9.55 Å².